The minimum atomic E-state index is -3.81. The normalized spacial score (nSPS) is 12.8. The molecule has 0 atom stereocenters. The van der Waals surface area contributed by atoms with Crippen LogP contribution in [0.5, 0.6) is 0 Å². The van der Waals surface area contributed by atoms with Crippen molar-refractivity contribution in [2.24, 2.45) is 11.1 Å². The summed E-state index contributed by atoms with van der Waals surface area (Å²) >= 11 is 0. The Balaban J connectivity index is 2.63. The number of hydrogen-bond acceptors (Lipinski definition) is 4. The lowest BCUT2D eigenvalue weighted by atomic mass is 10.1. The van der Waals surface area contributed by atoms with Gasteiger partial charge in [0, 0.05) is 6.54 Å². The second kappa shape index (κ2) is 7.35. The van der Waals surface area contributed by atoms with Gasteiger partial charge in [0.2, 0.25) is 20.0 Å². The lowest BCUT2D eigenvalue weighted by molar-refractivity contribution is 0.530. The van der Waals surface area contributed by atoms with E-state index in [4.69, 9.17) is 5.14 Å². The minimum absolute atomic E-state index is 0.0266. The average molecular weight is 334 g/mol. The van der Waals surface area contributed by atoms with Crippen molar-refractivity contribution in [3.63, 3.8) is 0 Å². The topological polar surface area (TPSA) is 106 Å². The van der Waals surface area contributed by atoms with Gasteiger partial charge >= 0.3 is 0 Å². The summed E-state index contributed by atoms with van der Waals surface area (Å²) in [6.45, 7) is 4.61. The van der Waals surface area contributed by atoms with Crippen LogP contribution in [0.4, 0.5) is 0 Å². The van der Waals surface area contributed by atoms with Crippen molar-refractivity contribution in [2.45, 2.75) is 42.9 Å². The van der Waals surface area contributed by atoms with Crippen LogP contribution in [0, 0.1) is 5.92 Å². The Labute approximate surface area is 126 Å². The number of unbranched alkanes of at least 4 members (excludes halogenated alkanes) is 1. The van der Waals surface area contributed by atoms with Crippen LogP contribution in [0.1, 0.15) is 33.1 Å². The number of hydrogen-bond donors (Lipinski definition) is 2. The summed E-state index contributed by atoms with van der Waals surface area (Å²) in [5.41, 5.74) is 0. The first-order valence-corrected chi connectivity index (χ1v) is 9.78. The van der Waals surface area contributed by atoms with Crippen molar-refractivity contribution in [3.8, 4) is 0 Å². The lowest BCUT2D eigenvalue weighted by Gasteiger charge is -2.08. The zero-order valence-corrected chi connectivity index (χ0v) is 13.9. The molecule has 1 aromatic carbocycles. The van der Waals surface area contributed by atoms with Crippen LogP contribution in [0.25, 0.3) is 0 Å². The molecule has 0 aromatic heterocycles. The van der Waals surface area contributed by atoms with Crippen LogP contribution in [-0.2, 0) is 20.0 Å². The number of benzene rings is 1. The Morgan fingerprint density at radius 3 is 2.00 bits per heavy atom. The largest absolute Gasteiger partial charge is 0.240 e. The molecular formula is C13H22N2O4S2. The van der Waals surface area contributed by atoms with Crippen molar-refractivity contribution in [3.05, 3.63) is 24.3 Å². The van der Waals surface area contributed by atoms with Gasteiger partial charge in [-0.25, -0.2) is 26.7 Å². The van der Waals surface area contributed by atoms with Crippen molar-refractivity contribution >= 4 is 20.0 Å². The third-order valence-electron chi connectivity index (χ3n) is 2.96. The van der Waals surface area contributed by atoms with Crippen molar-refractivity contribution in [1.29, 1.82) is 0 Å². The van der Waals surface area contributed by atoms with Crippen LogP contribution < -0.4 is 9.86 Å². The summed E-state index contributed by atoms with van der Waals surface area (Å²) in [4.78, 5) is -0.0860. The molecule has 0 bridgehead atoms. The summed E-state index contributed by atoms with van der Waals surface area (Å²) in [7, 11) is -7.42. The predicted molar refractivity (Wildman–Crippen MR) is 81.7 cm³/mol. The Bertz CT molecular complexity index is 650. The molecule has 120 valence electrons. The zero-order chi connectivity index (χ0) is 16.1. The first-order chi connectivity index (χ1) is 9.63. The molecule has 0 aliphatic rings. The summed E-state index contributed by atoms with van der Waals surface area (Å²) in [6, 6.07) is 4.83. The third-order valence-corrected chi connectivity index (χ3v) is 5.37. The van der Waals surface area contributed by atoms with Crippen molar-refractivity contribution in [2.75, 3.05) is 6.54 Å². The van der Waals surface area contributed by atoms with Crippen molar-refractivity contribution in [1.82, 2.24) is 4.72 Å². The summed E-state index contributed by atoms with van der Waals surface area (Å²) in [6.07, 6.45) is 2.79. The molecule has 21 heavy (non-hydrogen) atoms. The van der Waals surface area contributed by atoms with E-state index in [9.17, 15) is 16.8 Å². The van der Waals surface area contributed by atoms with Gasteiger partial charge in [0.15, 0.2) is 0 Å². The molecule has 8 heteroatoms. The fourth-order valence-electron chi connectivity index (χ4n) is 1.78. The van der Waals surface area contributed by atoms with E-state index >= 15 is 0 Å². The molecule has 0 fully saturated rings. The van der Waals surface area contributed by atoms with Gasteiger partial charge in [-0.05, 0) is 36.6 Å². The second-order valence-corrected chi connectivity index (χ2v) is 8.63. The molecule has 0 saturated carbocycles. The van der Waals surface area contributed by atoms with Gasteiger partial charge in [-0.1, -0.05) is 26.7 Å². The van der Waals surface area contributed by atoms with Crippen LogP contribution in [-0.4, -0.2) is 23.4 Å². The van der Waals surface area contributed by atoms with Gasteiger partial charge < -0.3 is 0 Å². The van der Waals surface area contributed by atoms with E-state index in [0.29, 0.717) is 12.5 Å². The molecule has 0 amide bonds. The van der Waals surface area contributed by atoms with E-state index < -0.39 is 20.0 Å². The molecule has 0 radical (unpaired) electrons. The van der Waals surface area contributed by atoms with Gasteiger partial charge in [-0.15, -0.1) is 0 Å². The van der Waals surface area contributed by atoms with E-state index in [0.717, 1.165) is 19.3 Å². The molecule has 6 nitrogen and oxygen atoms in total. The molecule has 0 aliphatic carbocycles. The Kier molecular flexibility index (Phi) is 6.33. The molecule has 0 heterocycles. The van der Waals surface area contributed by atoms with Gasteiger partial charge in [-0.3, -0.25) is 0 Å². The molecule has 0 saturated heterocycles. The van der Waals surface area contributed by atoms with E-state index in [1.165, 1.54) is 24.3 Å². The third kappa shape index (κ3) is 6.13. The van der Waals surface area contributed by atoms with Gasteiger partial charge in [0.05, 0.1) is 9.79 Å². The summed E-state index contributed by atoms with van der Waals surface area (Å²) in [5, 5.41) is 4.96. The molecule has 1 aromatic rings. The first kappa shape index (κ1) is 18.1. The summed E-state index contributed by atoms with van der Waals surface area (Å²) in [5.74, 6) is 0.604. The predicted octanol–water partition coefficient (Wildman–Crippen LogP) is 1.44. The number of sulfonamides is 2. The monoisotopic (exact) mass is 334 g/mol. The smallest absolute Gasteiger partial charge is 0.225 e. The lowest BCUT2D eigenvalue weighted by Crippen LogP contribution is -2.25. The van der Waals surface area contributed by atoms with Crippen molar-refractivity contribution < 1.29 is 16.8 Å². The van der Waals surface area contributed by atoms with Crippen LogP contribution in [0.3, 0.4) is 0 Å². The Morgan fingerprint density at radius 2 is 1.52 bits per heavy atom. The molecular weight excluding hydrogens is 312 g/mol. The molecule has 1 rings (SSSR count). The molecule has 3 N–H and O–H groups in total. The van der Waals surface area contributed by atoms with Gasteiger partial charge in [-0.2, -0.15) is 0 Å². The molecule has 0 unspecified atom stereocenters. The van der Waals surface area contributed by atoms with Gasteiger partial charge in [0.1, 0.15) is 0 Å². The zero-order valence-electron chi connectivity index (χ0n) is 12.2. The highest BCUT2D eigenvalue weighted by Gasteiger charge is 2.15. The quantitative estimate of drug-likeness (QED) is 0.701. The minimum Gasteiger partial charge on any atom is -0.225 e. The second-order valence-electron chi connectivity index (χ2n) is 5.30. The fraction of sp³-hybridized carbons (Fsp3) is 0.538. The number of rotatable bonds is 8. The number of nitrogens with one attached hydrogen (secondary N) is 1. The van der Waals surface area contributed by atoms with Crippen LogP contribution in [0.2, 0.25) is 0 Å². The standard InChI is InChI=1S/C13H22N2O4S2/c1-11(2)5-3-4-10-15-21(18,19)13-8-6-12(7-9-13)20(14,16)17/h6-9,11,15H,3-5,10H2,1-2H3,(H2,14,16,17). The molecule has 0 aliphatic heterocycles. The Hall–Kier alpha value is -0.960. The van der Waals surface area contributed by atoms with E-state index in [1.807, 2.05) is 0 Å². The highest BCUT2D eigenvalue weighted by molar-refractivity contribution is 7.89. The van der Waals surface area contributed by atoms with E-state index in [2.05, 4.69) is 18.6 Å². The van der Waals surface area contributed by atoms with Gasteiger partial charge in [0.25, 0.3) is 0 Å². The maximum absolute atomic E-state index is 12.0. The maximum Gasteiger partial charge on any atom is 0.240 e. The summed E-state index contributed by atoms with van der Waals surface area (Å²) < 4.78 is 48.7. The highest BCUT2D eigenvalue weighted by atomic mass is 32.2. The molecule has 0 spiro atoms. The fourth-order valence-corrected chi connectivity index (χ4v) is 3.37. The van der Waals surface area contributed by atoms with E-state index in [1.54, 1.807) is 0 Å². The van der Waals surface area contributed by atoms with Crippen LogP contribution >= 0.6 is 0 Å². The maximum atomic E-state index is 12.0. The number of nitrogens with two attached hydrogens (primary N) is 1. The van der Waals surface area contributed by atoms with Crippen LogP contribution in [0.15, 0.2) is 34.1 Å². The van der Waals surface area contributed by atoms with E-state index in [-0.39, 0.29) is 9.79 Å². The Morgan fingerprint density at radius 1 is 1.00 bits per heavy atom. The SMILES string of the molecule is CC(C)CCCCNS(=O)(=O)c1ccc(S(N)(=O)=O)cc1. The average Bonchev–Trinajstić information content (AvgIpc) is 2.37. The first-order valence-electron chi connectivity index (χ1n) is 6.75. The number of primary sulfonamides is 1. The highest BCUT2D eigenvalue weighted by Crippen LogP contribution is 2.13.